The van der Waals surface area contributed by atoms with Crippen LogP contribution >= 0.6 is 23.1 Å². The van der Waals surface area contributed by atoms with E-state index < -0.39 is 21.9 Å². The first-order chi connectivity index (χ1) is 16.3. The largest absolute Gasteiger partial charge is 0.462 e. The number of benzene rings is 2. The van der Waals surface area contributed by atoms with Crippen LogP contribution in [0.3, 0.4) is 0 Å². The Morgan fingerprint density at radius 1 is 1.03 bits per heavy atom. The molecule has 0 aliphatic rings. The molecule has 0 bridgehead atoms. The molecule has 4 rings (SSSR count). The van der Waals surface area contributed by atoms with E-state index >= 15 is 0 Å². The van der Waals surface area contributed by atoms with Crippen LogP contribution in [-0.2, 0) is 21.2 Å². The van der Waals surface area contributed by atoms with Crippen molar-refractivity contribution in [2.24, 2.45) is 0 Å². The van der Waals surface area contributed by atoms with Gasteiger partial charge in [0.25, 0.3) is 15.9 Å². The lowest BCUT2D eigenvalue weighted by atomic mass is 10.1. The van der Waals surface area contributed by atoms with Gasteiger partial charge in [-0.2, -0.15) is 8.75 Å². The number of aromatic nitrogens is 2. The van der Waals surface area contributed by atoms with Crippen LogP contribution in [0.5, 0.6) is 0 Å². The van der Waals surface area contributed by atoms with Gasteiger partial charge in [0.05, 0.1) is 35.1 Å². The second kappa shape index (κ2) is 9.87. The first kappa shape index (κ1) is 23.8. The number of aryl methyl sites for hydroxylation is 1. The molecular formula is C22H20N4O5S3. The predicted octanol–water partition coefficient (Wildman–Crippen LogP) is 4.55. The second-order valence-electron chi connectivity index (χ2n) is 7.02. The Labute approximate surface area is 204 Å². The van der Waals surface area contributed by atoms with Gasteiger partial charge in [0.2, 0.25) is 0 Å². The first-order valence-electron chi connectivity index (χ1n) is 10.3. The average Bonchev–Trinajstić information content (AvgIpc) is 3.46. The second-order valence-corrected chi connectivity index (χ2v) is 10.3. The monoisotopic (exact) mass is 516 g/mol. The van der Waals surface area contributed by atoms with Crippen molar-refractivity contribution in [1.82, 2.24) is 8.75 Å². The summed E-state index contributed by atoms with van der Waals surface area (Å²) in [5, 5.41) is 3.08. The third-order valence-electron chi connectivity index (χ3n) is 4.81. The summed E-state index contributed by atoms with van der Waals surface area (Å²) in [6, 6.07) is 12.6. The lowest BCUT2D eigenvalue weighted by Crippen LogP contribution is -2.19. The quantitative estimate of drug-likeness (QED) is 0.329. The molecule has 2 aromatic carbocycles. The third kappa shape index (κ3) is 4.79. The van der Waals surface area contributed by atoms with E-state index in [0.29, 0.717) is 16.9 Å². The Hall–Kier alpha value is -3.35. The molecule has 1 amide bonds. The van der Waals surface area contributed by atoms with E-state index in [1.165, 1.54) is 29.5 Å². The molecule has 176 valence electrons. The van der Waals surface area contributed by atoms with E-state index in [9.17, 15) is 18.0 Å². The standard InChI is InChI=1S/C22H20N4O5S3/c1-3-13-12-15(22(28)31-4-2)21(32-13)23-20(27)14-8-5-6-9-16(14)26-34(29,30)18-11-7-10-17-19(18)25-33-24-17/h5-12,26H,3-4H2,1-2H3,(H,23,27). The highest BCUT2D eigenvalue weighted by molar-refractivity contribution is 7.93. The van der Waals surface area contributed by atoms with Gasteiger partial charge in [-0.15, -0.1) is 11.3 Å². The van der Waals surface area contributed by atoms with Crippen molar-refractivity contribution >= 4 is 66.7 Å². The van der Waals surface area contributed by atoms with Gasteiger partial charge in [-0.25, -0.2) is 13.2 Å². The number of carbonyl (C=O) groups excluding carboxylic acids is 2. The summed E-state index contributed by atoms with van der Waals surface area (Å²) in [4.78, 5) is 26.3. The molecule has 12 heteroatoms. The molecule has 9 nitrogen and oxygen atoms in total. The fourth-order valence-corrected chi connectivity index (χ4v) is 6.03. The minimum atomic E-state index is -4.06. The highest BCUT2D eigenvalue weighted by Gasteiger charge is 2.24. The van der Waals surface area contributed by atoms with Gasteiger partial charge < -0.3 is 10.1 Å². The molecule has 2 N–H and O–H groups in total. The van der Waals surface area contributed by atoms with Crippen LogP contribution in [0.25, 0.3) is 11.0 Å². The highest BCUT2D eigenvalue weighted by atomic mass is 32.2. The number of rotatable bonds is 8. The van der Waals surface area contributed by atoms with Crippen LogP contribution in [0.2, 0.25) is 0 Å². The molecule has 2 aromatic heterocycles. The molecule has 2 heterocycles. The van der Waals surface area contributed by atoms with E-state index in [-0.39, 0.29) is 33.8 Å². The summed E-state index contributed by atoms with van der Waals surface area (Å²) in [7, 11) is -4.06. The molecule has 0 radical (unpaired) electrons. The number of nitrogens with zero attached hydrogens (tertiary/aromatic N) is 2. The Kier molecular flexibility index (Phi) is 6.91. The molecule has 0 fully saturated rings. The van der Waals surface area contributed by atoms with Gasteiger partial charge in [-0.3, -0.25) is 9.52 Å². The lowest BCUT2D eigenvalue weighted by molar-refractivity contribution is 0.0528. The molecule has 0 aliphatic carbocycles. The number of para-hydroxylation sites is 1. The van der Waals surface area contributed by atoms with Crippen LogP contribution in [0.4, 0.5) is 10.7 Å². The molecular weight excluding hydrogens is 496 g/mol. The number of ether oxygens (including phenoxy) is 1. The Balaban J connectivity index is 1.65. The number of nitrogens with one attached hydrogen (secondary N) is 2. The zero-order valence-electron chi connectivity index (χ0n) is 18.2. The Morgan fingerprint density at radius 3 is 2.59 bits per heavy atom. The first-order valence-corrected chi connectivity index (χ1v) is 13.3. The zero-order valence-corrected chi connectivity index (χ0v) is 20.6. The van der Waals surface area contributed by atoms with Gasteiger partial charge in [0.15, 0.2) is 0 Å². The topological polar surface area (TPSA) is 127 Å². The van der Waals surface area contributed by atoms with Crippen LogP contribution in [-0.4, -0.2) is 35.6 Å². The summed E-state index contributed by atoms with van der Waals surface area (Å²) in [5.41, 5.74) is 1.17. The lowest BCUT2D eigenvalue weighted by Gasteiger charge is -2.13. The van der Waals surface area contributed by atoms with Crippen molar-refractivity contribution in [3.8, 4) is 0 Å². The van der Waals surface area contributed by atoms with Crippen molar-refractivity contribution in [3.05, 3.63) is 64.5 Å². The summed E-state index contributed by atoms with van der Waals surface area (Å²) < 4.78 is 42.0. The number of hydrogen-bond donors (Lipinski definition) is 2. The van der Waals surface area contributed by atoms with E-state index in [4.69, 9.17) is 4.74 Å². The molecule has 0 saturated heterocycles. The zero-order chi connectivity index (χ0) is 24.3. The number of thiophene rings is 1. The van der Waals surface area contributed by atoms with Crippen LogP contribution in [0.1, 0.15) is 39.4 Å². The summed E-state index contributed by atoms with van der Waals surface area (Å²) in [6.45, 7) is 3.85. The van der Waals surface area contributed by atoms with E-state index in [0.717, 1.165) is 16.6 Å². The summed E-state index contributed by atoms with van der Waals surface area (Å²) in [5.74, 6) is -1.10. The molecule has 0 saturated carbocycles. The molecule has 34 heavy (non-hydrogen) atoms. The van der Waals surface area contributed by atoms with Crippen molar-refractivity contribution < 1.29 is 22.7 Å². The summed E-state index contributed by atoms with van der Waals surface area (Å²) in [6.07, 6.45) is 0.681. The van der Waals surface area contributed by atoms with E-state index in [2.05, 4.69) is 18.8 Å². The number of anilines is 2. The van der Waals surface area contributed by atoms with Crippen molar-refractivity contribution in [2.45, 2.75) is 25.2 Å². The number of carbonyl (C=O) groups is 2. The minimum absolute atomic E-state index is 0.0376. The van der Waals surface area contributed by atoms with Crippen molar-refractivity contribution in [1.29, 1.82) is 0 Å². The fourth-order valence-electron chi connectivity index (χ4n) is 3.21. The number of amides is 1. The van der Waals surface area contributed by atoms with Crippen LogP contribution in [0.15, 0.2) is 53.4 Å². The molecule has 0 spiro atoms. The maximum Gasteiger partial charge on any atom is 0.341 e. The SMILES string of the molecule is CCOC(=O)c1cc(CC)sc1NC(=O)c1ccccc1NS(=O)(=O)c1cccc2nsnc12. The minimum Gasteiger partial charge on any atom is -0.462 e. The average molecular weight is 517 g/mol. The van der Waals surface area contributed by atoms with Crippen molar-refractivity contribution in [3.63, 3.8) is 0 Å². The highest BCUT2D eigenvalue weighted by Crippen LogP contribution is 2.31. The van der Waals surface area contributed by atoms with Gasteiger partial charge in [-0.1, -0.05) is 25.1 Å². The van der Waals surface area contributed by atoms with Crippen molar-refractivity contribution in [2.75, 3.05) is 16.6 Å². The molecule has 0 atom stereocenters. The van der Waals surface area contributed by atoms with Gasteiger partial charge in [0, 0.05) is 4.88 Å². The number of hydrogen-bond acceptors (Lipinski definition) is 9. The van der Waals surface area contributed by atoms with Gasteiger partial charge >= 0.3 is 5.97 Å². The maximum absolute atomic E-state index is 13.1. The fraction of sp³-hybridized carbons (Fsp3) is 0.182. The molecule has 0 aliphatic heterocycles. The molecule has 0 unspecified atom stereocenters. The van der Waals surface area contributed by atoms with Crippen LogP contribution in [0, 0.1) is 0 Å². The predicted molar refractivity (Wildman–Crippen MR) is 132 cm³/mol. The van der Waals surface area contributed by atoms with E-state index in [1.54, 1.807) is 37.3 Å². The van der Waals surface area contributed by atoms with Crippen LogP contribution < -0.4 is 10.0 Å². The Bertz CT molecular complexity index is 1480. The van der Waals surface area contributed by atoms with E-state index in [1.807, 2.05) is 6.92 Å². The molecule has 4 aromatic rings. The smallest absolute Gasteiger partial charge is 0.341 e. The normalized spacial score (nSPS) is 11.4. The summed E-state index contributed by atoms with van der Waals surface area (Å²) >= 11 is 2.19. The van der Waals surface area contributed by atoms with Gasteiger partial charge in [-0.05, 0) is 43.7 Å². The third-order valence-corrected chi connectivity index (χ3v) is 7.94. The maximum atomic E-state index is 13.1. The van der Waals surface area contributed by atoms with Gasteiger partial charge in [0.1, 0.15) is 20.9 Å². The number of sulfonamides is 1. The number of esters is 1. The Morgan fingerprint density at radius 2 is 1.82 bits per heavy atom. The number of fused-ring (bicyclic) bond motifs is 1.